The van der Waals surface area contributed by atoms with Gasteiger partial charge >= 0.3 is 0 Å². The number of hydrogen-bond acceptors (Lipinski definition) is 3. The van der Waals surface area contributed by atoms with Gasteiger partial charge in [0, 0.05) is 6.54 Å². The van der Waals surface area contributed by atoms with Crippen LogP contribution in [0, 0.1) is 0 Å². The quantitative estimate of drug-likeness (QED) is 0.691. The smallest absolute Gasteiger partial charge is 0.0178 e. The molecule has 0 unspecified atom stereocenters. The zero-order valence-electron chi connectivity index (χ0n) is 10.2. The summed E-state index contributed by atoms with van der Waals surface area (Å²) in [5, 5.41) is 2.75. The highest BCUT2D eigenvalue weighted by Crippen LogP contribution is 1.94. The lowest BCUT2D eigenvalue weighted by Gasteiger charge is -1.90. The second kappa shape index (κ2) is 15.6. The molecule has 0 aromatic heterocycles. The fraction of sp³-hybridized carbons (Fsp3) is 0.500. The largest absolute Gasteiger partial charge is 0.330 e. The van der Waals surface area contributed by atoms with Crippen LogP contribution in [0.1, 0.15) is 18.9 Å². The molecule has 0 aliphatic rings. The van der Waals surface area contributed by atoms with Crippen molar-refractivity contribution in [3.05, 3.63) is 35.9 Å². The summed E-state index contributed by atoms with van der Waals surface area (Å²) >= 11 is 0. The molecule has 3 heteroatoms. The molecule has 0 saturated carbocycles. The van der Waals surface area contributed by atoms with Crippen LogP contribution < -0.4 is 16.8 Å². The van der Waals surface area contributed by atoms with Crippen molar-refractivity contribution >= 4 is 0 Å². The van der Waals surface area contributed by atoms with Crippen LogP contribution in [0.5, 0.6) is 0 Å². The van der Waals surface area contributed by atoms with Crippen LogP contribution in [0.15, 0.2) is 30.3 Å². The Bertz CT molecular complexity index is 185. The average molecular weight is 211 g/mol. The molecule has 5 N–H and O–H groups in total. The van der Waals surface area contributed by atoms with E-state index in [0.717, 1.165) is 13.0 Å². The van der Waals surface area contributed by atoms with Gasteiger partial charge in [-0.3, -0.25) is 0 Å². The molecule has 0 radical (unpaired) electrons. The third-order valence-corrected chi connectivity index (χ3v) is 1.37. The highest BCUT2D eigenvalue weighted by Gasteiger charge is 1.80. The molecule has 1 rings (SSSR count). The van der Waals surface area contributed by atoms with Crippen molar-refractivity contribution in [2.75, 3.05) is 20.6 Å². The van der Waals surface area contributed by atoms with Crippen molar-refractivity contribution in [3.8, 4) is 0 Å². The molecule has 15 heavy (non-hydrogen) atoms. The third kappa shape index (κ3) is 15.8. The van der Waals surface area contributed by atoms with Crippen LogP contribution >= 0.6 is 0 Å². The number of nitrogens with one attached hydrogen (secondary N) is 1. The molecular weight excluding hydrogens is 186 g/mol. The predicted molar refractivity (Wildman–Crippen MR) is 68.7 cm³/mol. The Morgan fingerprint density at radius 2 is 1.47 bits per heavy atom. The van der Waals surface area contributed by atoms with Gasteiger partial charge in [-0.15, -0.1) is 0 Å². The van der Waals surface area contributed by atoms with Crippen molar-refractivity contribution in [1.82, 2.24) is 5.32 Å². The van der Waals surface area contributed by atoms with Gasteiger partial charge in [0.15, 0.2) is 0 Å². The fourth-order valence-electron chi connectivity index (χ4n) is 0.614. The van der Waals surface area contributed by atoms with E-state index in [4.69, 9.17) is 11.5 Å². The van der Waals surface area contributed by atoms with Crippen molar-refractivity contribution in [2.24, 2.45) is 11.5 Å². The second-order valence-corrected chi connectivity index (χ2v) is 2.98. The van der Waals surface area contributed by atoms with Gasteiger partial charge in [0.1, 0.15) is 0 Å². The molecule has 3 nitrogen and oxygen atoms in total. The SMILES string of the molecule is CCCN.CNC.NCc1ccccc1. The molecule has 0 bridgehead atoms. The molecule has 1 aromatic carbocycles. The van der Waals surface area contributed by atoms with E-state index in [2.05, 4.69) is 12.2 Å². The lowest BCUT2D eigenvalue weighted by atomic mass is 10.2. The van der Waals surface area contributed by atoms with E-state index in [1.807, 2.05) is 44.4 Å². The minimum Gasteiger partial charge on any atom is -0.330 e. The Hall–Kier alpha value is -0.900. The Morgan fingerprint density at radius 1 is 1.07 bits per heavy atom. The Labute approximate surface area is 93.9 Å². The number of hydrogen-bond donors (Lipinski definition) is 3. The number of rotatable bonds is 2. The first-order valence-electron chi connectivity index (χ1n) is 5.29. The molecule has 0 aliphatic heterocycles. The van der Waals surface area contributed by atoms with Gasteiger partial charge in [-0.05, 0) is 32.6 Å². The summed E-state index contributed by atoms with van der Waals surface area (Å²) in [6, 6.07) is 9.99. The van der Waals surface area contributed by atoms with Gasteiger partial charge in [-0.1, -0.05) is 37.3 Å². The maximum atomic E-state index is 5.35. The fourth-order valence-corrected chi connectivity index (χ4v) is 0.614. The van der Waals surface area contributed by atoms with Gasteiger partial charge in [0.05, 0.1) is 0 Å². The molecule has 0 aliphatic carbocycles. The van der Waals surface area contributed by atoms with Crippen LogP contribution in [-0.2, 0) is 6.54 Å². The number of benzene rings is 1. The van der Waals surface area contributed by atoms with Crippen LogP contribution in [0.25, 0.3) is 0 Å². The van der Waals surface area contributed by atoms with E-state index in [0.29, 0.717) is 6.54 Å². The van der Waals surface area contributed by atoms with Gasteiger partial charge in [0.2, 0.25) is 0 Å². The zero-order valence-corrected chi connectivity index (χ0v) is 10.2. The van der Waals surface area contributed by atoms with Crippen molar-refractivity contribution < 1.29 is 0 Å². The number of nitrogens with two attached hydrogens (primary N) is 2. The molecule has 1 aromatic rings. The van der Waals surface area contributed by atoms with Gasteiger partial charge in [-0.25, -0.2) is 0 Å². The standard InChI is InChI=1S/C7H9N.C3H9N.C2H7N/c8-6-7-4-2-1-3-5-7;1-2-3-4;1-3-2/h1-5H,6,8H2;2-4H2,1H3;3H,1-2H3. The maximum Gasteiger partial charge on any atom is 0.0178 e. The summed E-state index contributed by atoms with van der Waals surface area (Å²) in [5.41, 5.74) is 11.6. The predicted octanol–water partition coefficient (Wildman–Crippen LogP) is 1.34. The summed E-state index contributed by atoms with van der Waals surface area (Å²) in [6.45, 7) is 3.51. The third-order valence-electron chi connectivity index (χ3n) is 1.37. The molecule has 0 amide bonds. The molecule has 0 fully saturated rings. The monoisotopic (exact) mass is 211 g/mol. The Balaban J connectivity index is 0. The first kappa shape index (κ1) is 16.5. The van der Waals surface area contributed by atoms with E-state index >= 15 is 0 Å². The zero-order chi connectivity index (χ0) is 11.9. The summed E-state index contributed by atoms with van der Waals surface area (Å²) in [5.74, 6) is 0. The van der Waals surface area contributed by atoms with Crippen LogP contribution in [0.4, 0.5) is 0 Å². The average Bonchev–Trinajstić information content (AvgIpc) is 2.31. The highest BCUT2D eigenvalue weighted by molar-refractivity contribution is 5.13. The van der Waals surface area contributed by atoms with Crippen molar-refractivity contribution in [3.63, 3.8) is 0 Å². The van der Waals surface area contributed by atoms with E-state index < -0.39 is 0 Å². The van der Waals surface area contributed by atoms with Gasteiger partial charge < -0.3 is 16.8 Å². The van der Waals surface area contributed by atoms with E-state index in [1.165, 1.54) is 5.56 Å². The van der Waals surface area contributed by atoms with Crippen LogP contribution in [0.3, 0.4) is 0 Å². The molecule has 0 atom stereocenters. The minimum absolute atomic E-state index is 0.640. The van der Waals surface area contributed by atoms with Crippen molar-refractivity contribution in [2.45, 2.75) is 19.9 Å². The highest BCUT2D eigenvalue weighted by atomic mass is 14.7. The minimum atomic E-state index is 0.640. The molecule has 88 valence electrons. The van der Waals surface area contributed by atoms with Crippen LogP contribution in [-0.4, -0.2) is 20.6 Å². The summed E-state index contributed by atoms with van der Waals surface area (Å²) < 4.78 is 0. The Morgan fingerprint density at radius 3 is 1.67 bits per heavy atom. The topological polar surface area (TPSA) is 64.1 Å². The molecule has 0 saturated heterocycles. The lowest BCUT2D eigenvalue weighted by Crippen LogP contribution is -1.94. The summed E-state index contributed by atoms with van der Waals surface area (Å²) in [7, 11) is 3.75. The van der Waals surface area contributed by atoms with Gasteiger partial charge in [-0.2, -0.15) is 0 Å². The maximum absolute atomic E-state index is 5.35. The lowest BCUT2D eigenvalue weighted by molar-refractivity contribution is 0.932. The van der Waals surface area contributed by atoms with Gasteiger partial charge in [0.25, 0.3) is 0 Å². The normalized spacial score (nSPS) is 8.07. The first-order chi connectivity index (χ1) is 7.26. The first-order valence-corrected chi connectivity index (χ1v) is 5.29. The Kier molecular flexibility index (Phi) is 17.2. The summed E-state index contributed by atoms with van der Waals surface area (Å²) in [4.78, 5) is 0. The molecule has 0 heterocycles. The van der Waals surface area contributed by atoms with Crippen molar-refractivity contribution in [1.29, 1.82) is 0 Å². The van der Waals surface area contributed by atoms with Crippen LogP contribution in [0.2, 0.25) is 0 Å². The summed E-state index contributed by atoms with van der Waals surface area (Å²) in [6.07, 6.45) is 1.10. The second-order valence-electron chi connectivity index (χ2n) is 2.98. The van der Waals surface area contributed by atoms with E-state index in [1.54, 1.807) is 0 Å². The van der Waals surface area contributed by atoms with E-state index in [9.17, 15) is 0 Å². The molecule has 0 spiro atoms. The molecular formula is C12H25N3. The van der Waals surface area contributed by atoms with E-state index in [-0.39, 0.29) is 0 Å².